The third-order valence-corrected chi connectivity index (χ3v) is 3.69. The van der Waals surface area contributed by atoms with E-state index in [4.69, 9.17) is 5.73 Å². The second-order valence-corrected chi connectivity index (χ2v) is 5.53. The quantitative estimate of drug-likeness (QED) is 0.755. The van der Waals surface area contributed by atoms with Crippen molar-refractivity contribution in [1.29, 1.82) is 0 Å². The highest BCUT2D eigenvalue weighted by Crippen LogP contribution is 2.18. The molecule has 20 heavy (non-hydrogen) atoms. The number of imidazole rings is 1. The van der Waals surface area contributed by atoms with Gasteiger partial charge in [-0.05, 0) is 31.8 Å². The maximum absolute atomic E-state index is 5.70. The topological polar surface area (TPSA) is 95.7 Å². The van der Waals surface area contributed by atoms with E-state index in [9.17, 15) is 0 Å². The summed E-state index contributed by atoms with van der Waals surface area (Å²) in [7, 11) is 0. The lowest BCUT2D eigenvalue weighted by molar-refractivity contribution is 0.294. The third-order valence-electron chi connectivity index (χ3n) is 3.69. The van der Waals surface area contributed by atoms with Crippen molar-refractivity contribution in [2.45, 2.75) is 19.8 Å². The maximum atomic E-state index is 5.70. The lowest BCUT2D eigenvalue weighted by Gasteiger charge is -2.20. The highest BCUT2D eigenvalue weighted by atomic mass is 15.2. The van der Waals surface area contributed by atoms with Gasteiger partial charge in [0.1, 0.15) is 5.52 Å². The van der Waals surface area contributed by atoms with Crippen LogP contribution in [0.1, 0.15) is 19.8 Å². The first-order valence-corrected chi connectivity index (χ1v) is 7.15. The number of hydrogen-bond donors (Lipinski definition) is 3. The van der Waals surface area contributed by atoms with E-state index in [-0.39, 0.29) is 5.95 Å². The molecule has 1 unspecified atom stereocenters. The lowest BCUT2D eigenvalue weighted by Crippen LogP contribution is -2.29. The number of fused-ring (bicyclic) bond motifs is 1. The number of rotatable bonds is 5. The highest BCUT2D eigenvalue weighted by Gasteiger charge is 2.15. The van der Waals surface area contributed by atoms with Crippen LogP contribution in [0.4, 0.5) is 11.8 Å². The first kappa shape index (κ1) is 13.1. The number of nitrogen functional groups attached to an aromatic ring is 1. The first-order chi connectivity index (χ1) is 9.72. The number of aromatic amines is 1. The van der Waals surface area contributed by atoms with Crippen molar-refractivity contribution in [3.8, 4) is 0 Å². The maximum Gasteiger partial charge on any atom is 0.224 e. The molecule has 1 aliphatic rings. The Bertz CT molecular complexity index is 573. The lowest BCUT2D eigenvalue weighted by atomic mass is 10.1. The fourth-order valence-corrected chi connectivity index (χ4v) is 2.72. The summed E-state index contributed by atoms with van der Waals surface area (Å²) in [6, 6.07) is 0. The number of nitrogens with one attached hydrogen (secondary N) is 2. The van der Waals surface area contributed by atoms with Crippen LogP contribution in [0, 0.1) is 5.92 Å². The zero-order valence-corrected chi connectivity index (χ0v) is 11.8. The summed E-state index contributed by atoms with van der Waals surface area (Å²) in [6.45, 7) is 6.70. The van der Waals surface area contributed by atoms with Gasteiger partial charge in [0, 0.05) is 13.1 Å². The molecule has 2 aromatic heterocycles. The van der Waals surface area contributed by atoms with Gasteiger partial charge in [-0.1, -0.05) is 6.92 Å². The van der Waals surface area contributed by atoms with Crippen LogP contribution >= 0.6 is 0 Å². The molecule has 3 rings (SSSR count). The predicted molar refractivity (Wildman–Crippen MR) is 79.4 cm³/mol. The van der Waals surface area contributed by atoms with Gasteiger partial charge in [-0.15, -0.1) is 0 Å². The van der Waals surface area contributed by atoms with E-state index in [2.05, 4.69) is 37.1 Å². The summed E-state index contributed by atoms with van der Waals surface area (Å²) < 4.78 is 0. The minimum atomic E-state index is 0.249. The molecule has 0 saturated carbocycles. The fourth-order valence-electron chi connectivity index (χ4n) is 2.72. The van der Waals surface area contributed by atoms with Gasteiger partial charge in [0.05, 0.1) is 6.33 Å². The molecule has 0 bridgehead atoms. The van der Waals surface area contributed by atoms with Crippen LogP contribution in [-0.4, -0.2) is 51.0 Å². The molecule has 108 valence electrons. The number of anilines is 2. The van der Waals surface area contributed by atoms with Crippen molar-refractivity contribution in [2.75, 3.05) is 37.2 Å². The van der Waals surface area contributed by atoms with Crippen molar-refractivity contribution in [3.63, 3.8) is 0 Å². The van der Waals surface area contributed by atoms with E-state index in [1.54, 1.807) is 6.33 Å². The molecule has 1 fully saturated rings. The van der Waals surface area contributed by atoms with Crippen LogP contribution in [0.15, 0.2) is 6.33 Å². The predicted octanol–water partition coefficient (Wildman–Crippen LogP) is 1.08. The second-order valence-electron chi connectivity index (χ2n) is 5.53. The second kappa shape index (κ2) is 5.62. The van der Waals surface area contributed by atoms with Crippen LogP contribution in [0.3, 0.4) is 0 Å². The minimum absolute atomic E-state index is 0.249. The molecule has 2 aromatic rings. The Morgan fingerprint density at radius 3 is 3.00 bits per heavy atom. The standard InChI is InChI=1S/C13H21N7/c1-9(7-20-4-2-3-5-20)6-15-11-10-12(17-8-16-10)19-13(14)18-11/h8-9H,2-7H2,1H3,(H4,14,15,16,17,18,19). The average Bonchev–Trinajstić information content (AvgIpc) is 3.06. The summed E-state index contributed by atoms with van der Waals surface area (Å²) in [5.74, 6) is 1.54. The van der Waals surface area contributed by atoms with Gasteiger partial charge >= 0.3 is 0 Å². The number of likely N-dealkylation sites (tertiary alicyclic amines) is 1. The summed E-state index contributed by atoms with van der Waals surface area (Å²) in [6.07, 6.45) is 4.27. The highest BCUT2D eigenvalue weighted by molar-refractivity contribution is 5.83. The Balaban J connectivity index is 1.62. The van der Waals surface area contributed by atoms with E-state index < -0.39 is 0 Å². The molecule has 1 aliphatic heterocycles. The number of nitrogens with two attached hydrogens (primary N) is 1. The molecule has 7 nitrogen and oxygen atoms in total. The number of aromatic nitrogens is 4. The molecule has 1 saturated heterocycles. The normalized spacial score (nSPS) is 17.6. The van der Waals surface area contributed by atoms with Crippen molar-refractivity contribution < 1.29 is 0 Å². The van der Waals surface area contributed by atoms with Crippen molar-refractivity contribution in [1.82, 2.24) is 24.8 Å². The van der Waals surface area contributed by atoms with Crippen molar-refractivity contribution in [3.05, 3.63) is 6.33 Å². The molecule has 0 aliphatic carbocycles. The minimum Gasteiger partial charge on any atom is -0.368 e. The summed E-state index contributed by atoms with van der Waals surface area (Å²) in [5.41, 5.74) is 7.11. The Morgan fingerprint density at radius 1 is 1.40 bits per heavy atom. The summed E-state index contributed by atoms with van der Waals surface area (Å²) in [4.78, 5) is 18.0. The van der Waals surface area contributed by atoms with Crippen LogP contribution in [0.25, 0.3) is 11.2 Å². The Labute approximate surface area is 118 Å². The third kappa shape index (κ3) is 2.82. The zero-order chi connectivity index (χ0) is 13.9. The van der Waals surface area contributed by atoms with Gasteiger partial charge in [0.25, 0.3) is 0 Å². The number of hydrogen-bond acceptors (Lipinski definition) is 6. The molecule has 7 heteroatoms. The van der Waals surface area contributed by atoms with E-state index in [0.29, 0.717) is 11.6 Å². The van der Waals surface area contributed by atoms with E-state index >= 15 is 0 Å². The van der Waals surface area contributed by atoms with Gasteiger partial charge < -0.3 is 20.9 Å². The van der Waals surface area contributed by atoms with Gasteiger partial charge in [0.15, 0.2) is 11.5 Å². The summed E-state index contributed by atoms with van der Waals surface area (Å²) in [5, 5.41) is 3.36. The van der Waals surface area contributed by atoms with Crippen molar-refractivity contribution >= 4 is 22.9 Å². The molecule has 0 radical (unpaired) electrons. The number of nitrogens with zero attached hydrogens (tertiary/aromatic N) is 4. The molecular formula is C13H21N7. The van der Waals surface area contributed by atoms with E-state index in [0.717, 1.165) is 24.4 Å². The zero-order valence-electron chi connectivity index (χ0n) is 11.8. The monoisotopic (exact) mass is 275 g/mol. The Morgan fingerprint density at radius 2 is 2.20 bits per heavy atom. The molecule has 0 aromatic carbocycles. The smallest absolute Gasteiger partial charge is 0.224 e. The van der Waals surface area contributed by atoms with Crippen LogP contribution in [0.2, 0.25) is 0 Å². The van der Waals surface area contributed by atoms with E-state index in [1.165, 1.54) is 25.9 Å². The van der Waals surface area contributed by atoms with Crippen LogP contribution < -0.4 is 11.1 Å². The molecular weight excluding hydrogens is 254 g/mol. The first-order valence-electron chi connectivity index (χ1n) is 7.15. The molecule has 3 heterocycles. The molecule has 0 spiro atoms. The van der Waals surface area contributed by atoms with Crippen LogP contribution in [0.5, 0.6) is 0 Å². The summed E-state index contributed by atoms with van der Waals surface area (Å²) >= 11 is 0. The van der Waals surface area contributed by atoms with Crippen LogP contribution in [-0.2, 0) is 0 Å². The molecule has 0 amide bonds. The van der Waals surface area contributed by atoms with Crippen molar-refractivity contribution in [2.24, 2.45) is 5.92 Å². The Hall–Kier alpha value is -1.89. The van der Waals surface area contributed by atoms with Gasteiger partial charge in [-0.2, -0.15) is 9.97 Å². The largest absolute Gasteiger partial charge is 0.368 e. The number of H-pyrrole nitrogens is 1. The average molecular weight is 275 g/mol. The SMILES string of the molecule is CC(CNc1nc(N)nc2nc[nH]c12)CN1CCCC1. The Kier molecular flexibility index (Phi) is 3.68. The van der Waals surface area contributed by atoms with Gasteiger partial charge in [-0.3, -0.25) is 0 Å². The molecule has 4 N–H and O–H groups in total. The van der Waals surface area contributed by atoms with E-state index in [1.807, 2.05) is 0 Å². The fraction of sp³-hybridized carbons (Fsp3) is 0.615. The van der Waals surface area contributed by atoms with Gasteiger partial charge in [0.2, 0.25) is 5.95 Å². The van der Waals surface area contributed by atoms with Gasteiger partial charge in [-0.25, -0.2) is 4.98 Å². The molecule has 1 atom stereocenters.